The van der Waals surface area contributed by atoms with Gasteiger partial charge in [0.15, 0.2) is 0 Å². The molecule has 0 saturated carbocycles. The van der Waals surface area contributed by atoms with Crippen LogP contribution < -0.4 is 5.73 Å². The average molecular weight is 362 g/mol. The molecule has 6 heteroatoms. The fourth-order valence-electron chi connectivity index (χ4n) is 2.46. The first kappa shape index (κ1) is 26.3. The summed E-state index contributed by atoms with van der Waals surface area (Å²) in [7, 11) is 0. The van der Waals surface area contributed by atoms with Gasteiger partial charge in [0.25, 0.3) is 0 Å². The maximum Gasteiger partial charge on any atom is 0.229 e. The Morgan fingerprint density at radius 3 is 1.88 bits per heavy atom. The lowest BCUT2D eigenvalue weighted by molar-refractivity contribution is -0.138. The van der Waals surface area contributed by atoms with Crippen molar-refractivity contribution >= 4 is 11.8 Å². The minimum atomic E-state index is -0.0160. The molecule has 0 atom stereocenters. The van der Waals surface area contributed by atoms with Gasteiger partial charge in [-0.2, -0.15) is 5.06 Å². The van der Waals surface area contributed by atoms with Crippen LogP contribution in [0.4, 0.5) is 0 Å². The zero-order valence-corrected chi connectivity index (χ0v) is 17.1. The summed E-state index contributed by atoms with van der Waals surface area (Å²) in [6.07, 6.45) is 5.94. The lowest BCUT2D eigenvalue weighted by Crippen LogP contribution is -2.30. The second-order valence-electron chi connectivity index (χ2n) is 5.92. The van der Waals surface area contributed by atoms with Crippen molar-refractivity contribution in [2.45, 2.75) is 79.6 Å². The van der Waals surface area contributed by atoms with Gasteiger partial charge in [-0.3, -0.25) is 14.5 Å². The lowest BCUT2D eigenvalue weighted by atomic mass is 10.0. The van der Waals surface area contributed by atoms with Crippen LogP contribution in [-0.4, -0.2) is 53.2 Å². The highest BCUT2D eigenvalue weighted by atomic mass is 16.5. The summed E-state index contributed by atoms with van der Waals surface area (Å²) >= 11 is 0. The Morgan fingerprint density at radius 2 is 1.48 bits per heavy atom. The third kappa shape index (κ3) is 13.0. The molecule has 2 aliphatic rings. The van der Waals surface area contributed by atoms with E-state index in [4.69, 9.17) is 10.9 Å². The average Bonchev–Trinajstić information content (AvgIpc) is 2.97. The minimum absolute atomic E-state index is 0. The van der Waals surface area contributed by atoms with Crippen LogP contribution in [0.25, 0.3) is 0 Å². The molecule has 6 nitrogen and oxygen atoms in total. The number of nitrogens with two attached hydrogens (primary N) is 1. The summed E-state index contributed by atoms with van der Waals surface area (Å²) < 4.78 is 0. The molecule has 0 bridgehead atoms. The second kappa shape index (κ2) is 17.8. The van der Waals surface area contributed by atoms with E-state index in [2.05, 4.69) is 6.92 Å². The number of imide groups is 1. The van der Waals surface area contributed by atoms with E-state index < -0.39 is 0 Å². The van der Waals surface area contributed by atoms with E-state index in [0.29, 0.717) is 25.9 Å². The van der Waals surface area contributed by atoms with Gasteiger partial charge in [-0.25, -0.2) is 0 Å². The molecule has 3 N–H and O–H groups in total. The van der Waals surface area contributed by atoms with Gasteiger partial charge in [0.05, 0.1) is 0 Å². The third-order valence-electron chi connectivity index (χ3n) is 4.00. The number of piperidine rings is 1. The summed E-state index contributed by atoms with van der Waals surface area (Å²) in [6.45, 7) is 13.2. The van der Waals surface area contributed by atoms with E-state index in [1.807, 2.05) is 27.7 Å². The summed E-state index contributed by atoms with van der Waals surface area (Å²) in [5, 5.41) is 10.3. The van der Waals surface area contributed by atoms with Crippen molar-refractivity contribution in [1.29, 1.82) is 0 Å². The number of hydroxylamine groups is 2. The van der Waals surface area contributed by atoms with Crippen LogP contribution in [0.1, 0.15) is 81.0 Å². The molecular weight excluding hydrogens is 318 g/mol. The van der Waals surface area contributed by atoms with Gasteiger partial charge in [0.1, 0.15) is 0 Å². The van der Waals surface area contributed by atoms with Gasteiger partial charge in [-0.1, -0.05) is 41.0 Å². The van der Waals surface area contributed by atoms with Gasteiger partial charge in [0.2, 0.25) is 11.8 Å². The standard InChI is InChI=1S/C9H16N2O2.C6H13NO.2C2H6.H2/c10-6-2-1-3-7-11-8(12)4-5-9(11)13;1-6-2-4-7(8)5-3-6;2*1-2;/h1-7,10H2;6,8H,2-5H2,1H3;2*1-2H3;1H. The van der Waals surface area contributed by atoms with Crippen LogP contribution in [0.15, 0.2) is 0 Å². The number of hydrogen-bond donors (Lipinski definition) is 2. The Kier molecular flexibility index (Phi) is 18.7. The van der Waals surface area contributed by atoms with Crippen molar-refractivity contribution in [1.82, 2.24) is 9.96 Å². The Balaban J connectivity index is -0.000000351. The zero-order valence-electron chi connectivity index (χ0n) is 17.1. The molecule has 2 rings (SSSR count). The second-order valence-corrected chi connectivity index (χ2v) is 5.92. The summed E-state index contributed by atoms with van der Waals surface area (Å²) in [4.78, 5) is 23.6. The van der Waals surface area contributed by atoms with Gasteiger partial charge in [0, 0.05) is 33.9 Å². The Bertz CT molecular complexity index is 310. The zero-order chi connectivity index (χ0) is 19.7. The predicted molar refractivity (Wildman–Crippen MR) is 105 cm³/mol. The monoisotopic (exact) mass is 361 g/mol. The van der Waals surface area contributed by atoms with Crippen LogP contribution in [0.5, 0.6) is 0 Å². The van der Waals surface area contributed by atoms with E-state index in [9.17, 15) is 9.59 Å². The number of nitrogens with zero attached hydrogens (tertiary/aromatic N) is 2. The quantitative estimate of drug-likeness (QED) is 0.576. The number of rotatable bonds is 5. The molecule has 2 fully saturated rings. The molecule has 0 aromatic carbocycles. The Labute approximate surface area is 156 Å². The summed E-state index contributed by atoms with van der Waals surface area (Å²) in [5.41, 5.74) is 5.33. The van der Waals surface area contributed by atoms with E-state index in [-0.39, 0.29) is 13.2 Å². The summed E-state index contributed by atoms with van der Waals surface area (Å²) in [6, 6.07) is 0. The highest BCUT2D eigenvalue weighted by Gasteiger charge is 2.27. The number of unbranched alkanes of at least 4 members (excludes halogenated alkanes) is 2. The van der Waals surface area contributed by atoms with E-state index >= 15 is 0 Å². The third-order valence-corrected chi connectivity index (χ3v) is 4.00. The number of likely N-dealkylation sites (tertiary alicyclic amines) is 1. The van der Waals surface area contributed by atoms with E-state index in [1.165, 1.54) is 9.96 Å². The van der Waals surface area contributed by atoms with Crippen LogP contribution in [0, 0.1) is 5.92 Å². The van der Waals surface area contributed by atoms with Gasteiger partial charge in [-0.05, 0) is 38.1 Å². The van der Waals surface area contributed by atoms with E-state index in [0.717, 1.165) is 51.1 Å². The van der Waals surface area contributed by atoms with Crippen molar-refractivity contribution in [2.75, 3.05) is 26.2 Å². The number of carbonyl (C=O) groups excluding carboxylic acids is 2. The minimum Gasteiger partial charge on any atom is -0.330 e. The van der Waals surface area contributed by atoms with Crippen LogP contribution in [0.2, 0.25) is 0 Å². The molecule has 0 unspecified atom stereocenters. The smallest absolute Gasteiger partial charge is 0.229 e. The first-order valence-corrected chi connectivity index (χ1v) is 10.0. The van der Waals surface area contributed by atoms with E-state index in [1.54, 1.807) is 0 Å². The largest absolute Gasteiger partial charge is 0.330 e. The van der Waals surface area contributed by atoms with Crippen molar-refractivity contribution in [3.8, 4) is 0 Å². The molecule has 0 aromatic heterocycles. The van der Waals surface area contributed by atoms with Crippen LogP contribution in [0.3, 0.4) is 0 Å². The molecule has 0 aromatic rings. The molecule has 2 aliphatic heterocycles. The van der Waals surface area contributed by atoms with Crippen LogP contribution in [-0.2, 0) is 9.59 Å². The fourth-order valence-corrected chi connectivity index (χ4v) is 2.46. The Morgan fingerprint density at radius 1 is 1.00 bits per heavy atom. The SMILES string of the molecule is CC.CC.CC1CCN(O)CC1.NCCCCCN1C(=O)CCC1=O.[HH]. The molecule has 2 amide bonds. The molecule has 0 spiro atoms. The topological polar surface area (TPSA) is 86.9 Å². The molecule has 2 heterocycles. The molecule has 152 valence electrons. The van der Waals surface area contributed by atoms with Crippen molar-refractivity contribution < 1.29 is 16.2 Å². The van der Waals surface area contributed by atoms with Gasteiger partial charge >= 0.3 is 0 Å². The fraction of sp³-hybridized carbons (Fsp3) is 0.895. The van der Waals surface area contributed by atoms with Crippen molar-refractivity contribution in [3.05, 3.63) is 0 Å². The highest BCUT2D eigenvalue weighted by Crippen LogP contribution is 2.13. The molecule has 0 radical (unpaired) electrons. The van der Waals surface area contributed by atoms with Crippen molar-refractivity contribution in [2.24, 2.45) is 11.7 Å². The lowest BCUT2D eigenvalue weighted by Gasteiger charge is -2.24. The molecule has 2 saturated heterocycles. The number of hydrogen-bond acceptors (Lipinski definition) is 5. The van der Waals surface area contributed by atoms with Gasteiger partial charge < -0.3 is 10.9 Å². The first-order valence-electron chi connectivity index (χ1n) is 10.0. The molecule has 0 aliphatic carbocycles. The van der Waals surface area contributed by atoms with Crippen molar-refractivity contribution in [3.63, 3.8) is 0 Å². The molecular formula is C19H43N3O3. The Hall–Kier alpha value is -0.980. The van der Waals surface area contributed by atoms with Crippen LogP contribution >= 0.6 is 0 Å². The first-order chi connectivity index (χ1) is 12.0. The normalized spacial score (nSPS) is 17.8. The molecule has 25 heavy (non-hydrogen) atoms. The number of carbonyl (C=O) groups is 2. The van der Waals surface area contributed by atoms with Gasteiger partial charge in [-0.15, -0.1) is 0 Å². The highest BCUT2D eigenvalue weighted by molar-refractivity contribution is 6.01. The maximum atomic E-state index is 11.1. The maximum absolute atomic E-state index is 11.1. The predicted octanol–water partition coefficient (Wildman–Crippen LogP) is 3.67. The number of amides is 2. The summed E-state index contributed by atoms with van der Waals surface area (Å²) in [5.74, 6) is 0.786.